The number of hydrogen-bond donors (Lipinski definition) is 1. The molecule has 1 aromatic heterocycles. The van der Waals surface area contributed by atoms with E-state index in [0.29, 0.717) is 16.7 Å². The minimum atomic E-state index is -0.322. The number of fused-ring (bicyclic) bond motifs is 1. The number of hydrogen-bond acceptors (Lipinski definition) is 3. The Labute approximate surface area is 130 Å². The summed E-state index contributed by atoms with van der Waals surface area (Å²) < 4.78 is 15.0. The molecule has 106 valence electrons. The molecule has 1 unspecified atom stereocenters. The van der Waals surface area contributed by atoms with Gasteiger partial charge in [-0.2, -0.15) is 0 Å². The molecule has 0 radical (unpaired) electrons. The van der Waals surface area contributed by atoms with Gasteiger partial charge in [0.2, 0.25) is 0 Å². The van der Waals surface area contributed by atoms with E-state index < -0.39 is 0 Å². The highest BCUT2D eigenvalue weighted by atomic mass is 79.9. The topological polar surface area (TPSA) is 37.8 Å². The summed E-state index contributed by atoms with van der Waals surface area (Å²) in [5, 5.41) is 3.68. The van der Waals surface area contributed by atoms with Crippen molar-refractivity contribution >= 4 is 32.7 Å². The summed E-state index contributed by atoms with van der Waals surface area (Å²) in [6.45, 7) is 2.01. The summed E-state index contributed by atoms with van der Waals surface area (Å²) in [7, 11) is 0. The van der Waals surface area contributed by atoms with E-state index in [1.54, 1.807) is 12.1 Å². The molecule has 1 N–H and O–H groups in total. The van der Waals surface area contributed by atoms with Crippen LogP contribution in [0.15, 0.2) is 53.3 Å². The monoisotopic (exact) mass is 345 g/mol. The molecule has 0 aliphatic rings. The predicted molar refractivity (Wildman–Crippen MR) is 85.7 cm³/mol. The number of aromatic nitrogens is 2. The van der Waals surface area contributed by atoms with Crippen LogP contribution in [0.5, 0.6) is 0 Å². The van der Waals surface area contributed by atoms with Crippen molar-refractivity contribution in [2.45, 2.75) is 13.0 Å². The van der Waals surface area contributed by atoms with Crippen molar-refractivity contribution in [3.63, 3.8) is 0 Å². The van der Waals surface area contributed by atoms with Crippen molar-refractivity contribution < 1.29 is 4.39 Å². The number of benzene rings is 2. The van der Waals surface area contributed by atoms with Crippen LogP contribution < -0.4 is 5.32 Å². The van der Waals surface area contributed by atoms with E-state index in [1.807, 2.05) is 31.2 Å². The Kier molecular flexibility index (Phi) is 3.84. The Morgan fingerprint density at radius 3 is 2.76 bits per heavy atom. The Morgan fingerprint density at radius 2 is 1.95 bits per heavy atom. The molecule has 0 amide bonds. The lowest BCUT2D eigenvalue weighted by Crippen LogP contribution is -2.09. The molecule has 1 heterocycles. The maximum atomic E-state index is 14.0. The molecule has 0 spiro atoms. The van der Waals surface area contributed by atoms with E-state index >= 15 is 0 Å². The fourth-order valence-corrected chi connectivity index (χ4v) is 2.66. The van der Waals surface area contributed by atoms with Crippen LogP contribution in [0, 0.1) is 5.82 Å². The van der Waals surface area contributed by atoms with E-state index in [4.69, 9.17) is 0 Å². The van der Waals surface area contributed by atoms with Crippen LogP contribution in [-0.4, -0.2) is 9.97 Å². The third-order valence-electron chi connectivity index (χ3n) is 3.31. The average molecular weight is 346 g/mol. The molecule has 0 fully saturated rings. The van der Waals surface area contributed by atoms with Gasteiger partial charge in [-0.25, -0.2) is 14.4 Å². The van der Waals surface area contributed by atoms with E-state index in [0.717, 1.165) is 10.0 Å². The zero-order valence-corrected chi connectivity index (χ0v) is 12.9. The van der Waals surface area contributed by atoms with E-state index in [1.165, 1.54) is 12.4 Å². The van der Waals surface area contributed by atoms with E-state index in [2.05, 4.69) is 31.2 Å². The minimum absolute atomic E-state index is 0.000191. The standard InChI is InChI=1S/C16H13BrFN3/c1-10(11-4-2-5-12(17)8-11)21-16-15-13(18)6-3-7-14(15)19-9-20-16/h2-10H,1H3,(H,19,20,21). The minimum Gasteiger partial charge on any atom is -0.363 e. The van der Waals surface area contributed by atoms with Crippen LogP contribution in [0.2, 0.25) is 0 Å². The van der Waals surface area contributed by atoms with Gasteiger partial charge in [-0.15, -0.1) is 0 Å². The maximum Gasteiger partial charge on any atom is 0.140 e. The SMILES string of the molecule is CC(Nc1ncnc2cccc(F)c12)c1cccc(Br)c1. The van der Waals surface area contributed by atoms with Crippen molar-refractivity contribution in [2.75, 3.05) is 5.32 Å². The van der Waals surface area contributed by atoms with Gasteiger partial charge >= 0.3 is 0 Å². The molecule has 3 nitrogen and oxygen atoms in total. The molecule has 2 aromatic carbocycles. The molecule has 0 bridgehead atoms. The summed E-state index contributed by atoms with van der Waals surface area (Å²) in [5.74, 6) is 0.183. The van der Waals surface area contributed by atoms with Crippen LogP contribution in [0.25, 0.3) is 10.9 Å². The second-order valence-corrected chi connectivity index (χ2v) is 5.69. The van der Waals surface area contributed by atoms with Crippen LogP contribution in [0.3, 0.4) is 0 Å². The highest BCUT2D eigenvalue weighted by Gasteiger charge is 2.12. The first-order valence-corrected chi connectivity index (χ1v) is 7.35. The third-order valence-corrected chi connectivity index (χ3v) is 3.81. The molecule has 0 aliphatic carbocycles. The zero-order chi connectivity index (χ0) is 14.8. The molecule has 3 rings (SSSR count). The third kappa shape index (κ3) is 2.88. The second-order valence-electron chi connectivity index (χ2n) is 4.78. The van der Waals surface area contributed by atoms with Crippen LogP contribution in [0.1, 0.15) is 18.5 Å². The first-order chi connectivity index (χ1) is 10.1. The van der Waals surface area contributed by atoms with Crippen molar-refractivity contribution in [3.05, 3.63) is 64.6 Å². The van der Waals surface area contributed by atoms with Gasteiger partial charge in [-0.1, -0.05) is 34.1 Å². The first-order valence-electron chi connectivity index (χ1n) is 6.56. The predicted octanol–water partition coefficient (Wildman–Crippen LogP) is 4.70. The Balaban J connectivity index is 1.98. The summed E-state index contributed by atoms with van der Waals surface area (Å²) in [6, 6.07) is 12.8. The number of halogens is 2. The van der Waals surface area contributed by atoms with E-state index in [-0.39, 0.29) is 11.9 Å². The summed E-state index contributed by atoms with van der Waals surface area (Å²) in [5.41, 5.74) is 1.68. The Morgan fingerprint density at radius 1 is 1.14 bits per heavy atom. The van der Waals surface area contributed by atoms with Crippen LogP contribution in [-0.2, 0) is 0 Å². The van der Waals surface area contributed by atoms with Gasteiger partial charge in [0.25, 0.3) is 0 Å². The molecule has 0 saturated heterocycles. The lowest BCUT2D eigenvalue weighted by atomic mass is 10.1. The van der Waals surface area contributed by atoms with Crippen molar-refractivity contribution in [1.82, 2.24) is 9.97 Å². The Bertz CT molecular complexity index is 786. The second kappa shape index (κ2) is 5.77. The molecule has 3 aromatic rings. The highest BCUT2D eigenvalue weighted by Crippen LogP contribution is 2.26. The zero-order valence-electron chi connectivity index (χ0n) is 11.3. The number of nitrogens with one attached hydrogen (secondary N) is 1. The van der Waals surface area contributed by atoms with Gasteiger partial charge in [0.05, 0.1) is 16.9 Å². The molecule has 1 atom stereocenters. The van der Waals surface area contributed by atoms with Gasteiger partial charge in [0.15, 0.2) is 0 Å². The fraction of sp³-hybridized carbons (Fsp3) is 0.125. The van der Waals surface area contributed by atoms with Crippen LogP contribution in [0.4, 0.5) is 10.2 Å². The maximum absolute atomic E-state index is 14.0. The van der Waals surface area contributed by atoms with Crippen molar-refractivity contribution in [1.29, 1.82) is 0 Å². The molecular formula is C16H13BrFN3. The number of nitrogens with zero attached hydrogens (tertiary/aromatic N) is 2. The molecule has 0 saturated carbocycles. The van der Waals surface area contributed by atoms with Gasteiger partial charge in [0.1, 0.15) is 18.0 Å². The van der Waals surface area contributed by atoms with Gasteiger partial charge < -0.3 is 5.32 Å². The van der Waals surface area contributed by atoms with Gasteiger partial charge in [0, 0.05) is 4.47 Å². The number of rotatable bonds is 3. The first kappa shape index (κ1) is 13.9. The van der Waals surface area contributed by atoms with Crippen molar-refractivity contribution in [3.8, 4) is 0 Å². The lowest BCUT2D eigenvalue weighted by Gasteiger charge is -2.16. The highest BCUT2D eigenvalue weighted by molar-refractivity contribution is 9.10. The molecular weight excluding hydrogens is 333 g/mol. The van der Waals surface area contributed by atoms with Crippen LogP contribution >= 0.6 is 15.9 Å². The van der Waals surface area contributed by atoms with E-state index in [9.17, 15) is 4.39 Å². The summed E-state index contributed by atoms with van der Waals surface area (Å²) in [4.78, 5) is 8.28. The molecule has 5 heteroatoms. The van der Waals surface area contributed by atoms with Gasteiger partial charge in [-0.3, -0.25) is 0 Å². The normalized spacial score (nSPS) is 12.3. The Hall–Kier alpha value is -2.01. The molecule has 21 heavy (non-hydrogen) atoms. The average Bonchev–Trinajstić information content (AvgIpc) is 2.47. The van der Waals surface area contributed by atoms with Gasteiger partial charge in [-0.05, 0) is 36.8 Å². The lowest BCUT2D eigenvalue weighted by molar-refractivity contribution is 0.639. The largest absolute Gasteiger partial charge is 0.363 e. The smallest absolute Gasteiger partial charge is 0.140 e. The summed E-state index contributed by atoms with van der Waals surface area (Å²) >= 11 is 3.45. The quantitative estimate of drug-likeness (QED) is 0.747. The number of anilines is 1. The molecule has 0 aliphatic heterocycles. The van der Waals surface area contributed by atoms with Crippen molar-refractivity contribution in [2.24, 2.45) is 0 Å². The fourth-order valence-electron chi connectivity index (χ4n) is 2.24. The summed E-state index contributed by atoms with van der Waals surface area (Å²) in [6.07, 6.45) is 1.44.